The van der Waals surface area contributed by atoms with E-state index in [2.05, 4.69) is 28.3 Å². The van der Waals surface area contributed by atoms with E-state index < -0.39 is 0 Å². The van der Waals surface area contributed by atoms with Crippen molar-refractivity contribution < 1.29 is 0 Å². The highest BCUT2D eigenvalue weighted by atomic mass is 15.0. The van der Waals surface area contributed by atoms with Crippen molar-refractivity contribution in [2.24, 2.45) is 0 Å². The first kappa shape index (κ1) is 12.6. The molecule has 0 saturated carbocycles. The zero-order valence-electron chi connectivity index (χ0n) is 11.4. The maximum atomic E-state index is 8.83. The summed E-state index contributed by atoms with van der Waals surface area (Å²) in [6.07, 6.45) is 4.91. The molecule has 1 aromatic heterocycles. The molecular weight excluding hydrogens is 248 g/mol. The maximum absolute atomic E-state index is 8.83. The number of benzene rings is 1. The van der Waals surface area contributed by atoms with Gasteiger partial charge in [0.1, 0.15) is 12.1 Å². The fraction of sp³-hybridized carbons (Fsp3) is 0.312. The van der Waals surface area contributed by atoms with Crippen LogP contribution >= 0.6 is 0 Å². The van der Waals surface area contributed by atoms with Gasteiger partial charge in [-0.05, 0) is 43.9 Å². The Bertz CT molecular complexity index is 655. The third kappa shape index (κ3) is 2.35. The highest BCUT2D eigenvalue weighted by molar-refractivity contribution is 5.49. The second-order valence-corrected chi connectivity index (χ2v) is 5.10. The minimum atomic E-state index is 0.155. The molecule has 1 aliphatic rings. The first-order valence-electron chi connectivity index (χ1n) is 6.87. The molecule has 100 valence electrons. The lowest BCUT2D eigenvalue weighted by molar-refractivity contribution is 0.862. The zero-order chi connectivity index (χ0) is 13.9. The quantitative estimate of drug-likeness (QED) is 0.925. The van der Waals surface area contributed by atoms with Gasteiger partial charge in [0.2, 0.25) is 0 Å². The molecule has 0 radical (unpaired) electrons. The van der Waals surface area contributed by atoms with Crippen molar-refractivity contribution in [3.05, 3.63) is 53.0 Å². The third-order valence-electron chi connectivity index (χ3n) is 3.77. The van der Waals surface area contributed by atoms with Gasteiger partial charge >= 0.3 is 0 Å². The summed E-state index contributed by atoms with van der Waals surface area (Å²) in [5.74, 6) is 0.948. The SMILES string of the molecule is CC(Nc1ncnc2c1CCC2)c1ccc(C#N)cc1. The molecule has 0 saturated heterocycles. The fourth-order valence-corrected chi connectivity index (χ4v) is 2.62. The molecule has 4 heteroatoms. The highest BCUT2D eigenvalue weighted by Crippen LogP contribution is 2.27. The van der Waals surface area contributed by atoms with Crippen LogP contribution in [0.5, 0.6) is 0 Å². The molecular formula is C16H16N4. The molecule has 0 spiro atoms. The van der Waals surface area contributed by atoms with Crippen LogP contribution in [0.4, 0.5) is 5.82 Å². The van der Waals surface area contributed by atoms with Crippen molar-refractivity contribution in [2.45, 2.75) is 32.2 Å². The van der Waals surface area contributed by atoms with Gasteiger partial charge in [0.25, 0.3) is 0 Å². The summed E-state index contributed by atoms with van der Waals surface area (Å²) >= 11 is 0. The maximum Gasteiger partial charge on any atom is 0.133 e. The highest BCUT2D eigenvalue weighted by Gasteiger charge is 2.18. The molecule has 1 unspecified atom stereocenters. The Labute approximate surface area is 118 Å². The zero-order valence-corrected chi connectivity index (χ0v) is 11.4. The third-order valence-corrected chi connectivity index (χ3v) is 3.77. The first-order valence-corrected chi connectivity index (χ1v) is 6.87. The van der Waals surface area contributed by atoms with Crippen LogP contribution in [-0.2, 0) is 12.8 Å². The molecule has 1 aromatic carbocycles. The van der Waals surface area contributed by atoms with Crippen LogP contribution in [0.25, 0.3) is 0 Å². The van der Waals surface area contributed by atoms with Crippen LogP contribution in [-0.4, -0.2) is 9.97 Å². The minimum absolute atomic E-state index is 0.155. The summed E-state index contributed by atoms with van der Waals surface area (Å²) in [6, 6.07) is 9.95. The monoisotopic (exact) mass is 264 g/mol. The summed E-state index contributed by atoms with van der Waals surface area (Å²) < 4.78 is 0. The van der Waals surface area contributed by atoms with Crippen LogP contribution in [0.1, 0.15) is 41.8 Å². The van der Waals surface area contributed by atoms with Gasteiger partial charge in [0.05, 0.1) is 11.6 Å². The van der Waals surface area contributed by atoms with Crippen molar-refractivity contribution in [1.29, 1.82) is 5.26 Å². The summed E-state index contributed by atoms with van der Waals surface area (Å²) in [5, 5.41) is 12.3. The molecule has 0 amide bonds. The Hall–Kier alpha value is -2.41. The molecule has 0 bridgehead atoms. The van der Waals surface area contributed by atoms with E-state index in [1.54, 1.807) is 6.33 Å². The lowest BCUT2D eigenvalue weighted by Gasteiger charge is -2.17. The number of rotatable bonds is 3. The molecule has 2 aromatic rings. The second kappa shape index (κ2) is 5.30. The largest absolute Gasteiger partial charge is 0.363 e. The Morgan fingerprint density at radius 2 is 2.00 bits per heavy atom. The molecule has 4 nitrogen and oxygen atoms in total. The first-order chi connectivity index (χ1) is 9.78. The molecule has 1 heterocycles. The molecule has 20 heavy (non-hydrogen) atoms. The molecule has 1 aliphatic carbocycles. The van der Waals surface area contributed by atoms with Crippen LogP contribution in [0.3, 0.4) is 0 Å². The Morgan fingerprint density at radius 1 is 1.20 bits per heavy atom. The van der Waals surface area contributed by atoms with Gasteiger partial charge in [0.15, 0.2) is 0 Å². The molecule has 0 fully saturated rings. The van der Waals surface area contributed by atoms with Crippen LogP contribution in [0.15, 0.2) is 30.6 Å². The Balaban J connectivity index is 1.80. The number of hydrogen-bond acceptors (Lipinski definition) is 4. The van der Waals surface area contributed by atoms with Gasteiger partial charge in [-0.25, -0.2) is 9.97 Å². The van der Waals surface area contributed by atoms with Crippen molar-refractivity contribution in [2.75, 3.05) is 5.32 Å². The standard InChI is InChI=1S/C16H16N4/c1-11(13-7-5-12(9-17)6-8-13)20-16-14-3-2-4-15(14)18-10-19-16/h5-8,10-11H,2-4H2,1H3,(H,18,19,20). The van der Waals surface area contributed by atoms with Crippen molar-refractivity contribution in [1.82, 2.24) is 9.97 Å². The number of aromatic nitrogens is 2. The number of nitriles is 1. The molecule has 1 N–H and O–H groups in total. The van der Waals surface area contributed by atoms with E-state index in [-0.39, 0.29) is 6.04 Å². The molecule has 3 rings (SSSR count). The number of fused-ring (bicyclic) bond motifs is 1. The predicted molar refractivity (Wildman–Crippen MR) is 77.3 cm³/mol. The van der Waals surface area contributed by atoms with Gasteiger partial charge in [-0.2, -0.15) is 5.26 Å². The minimum Gasteiger partial charge on any atom is -0.363 e. The lowest BCUT2D eigenvalue weighted by atomic mass is 10.1. The summed E-state index contributed by atoms with van der Waals surface area (Å²) in [7, 11) is 0. The van der Waals surface area contributed by atoms with Gasteiger partial charge in [-0.3, -0.25) is 0 Å². The van der Waals surface area contributed by atoms with Gasteiger partial charge < -0.3 is 5.32 Å². The predicted octanol–water partition coefficient (Wildman–Crippen LogP) is 3.01. The smallest absolute Gasteiger partial charge is 0.133 e. The summed E-state index contributed by atoms with van der Waals surface area (Å²) in [5.41, 5.74) is 4.26. The van der Waals surface area contributed by atoms with E-state index in [0.29, 0.717) is 5.56 Å². The molecule has 0 aliphatic heterocycles. The topological polar surface area (TPSA) is 61.6 Å². The summed E-state index contributed by atoms with van der Waals surface area (Å²) in [4.78, 5) is 8.71. The van der Waals surface area contributed by atoms with Crippen LogP contribution in [0.2, 0.25) is 0 Å². The average molecular weight is 264 g/mol. The number of aryl methyl sites for hydroxylation is 1. The number of nitrogens with zero attached hydrogens (tertiary/aromatic N) is 3. The van der Waals surface area contributed by atoms with Crippen molar-refractivity contribution in [3.8, 4) is 6.07 Å². The van der Waals surface area contributed by atoms with Gasteiger partial charge in [-0.15, -0.1) is 0 Å². The second-order valence-electron chi connectivity index (χ2n) is 5.10. The molecule has 1 atom stereocenters. The summed E-state index contributed by atoms with van der Waals surface area (Å²) in [6.45, 7) is 2.10. The van der Waals surface area contributed by atoms with Crippen LogP contribution < -0.4 is 5.32 Å². The van der Waals surface area contributed by atoms with E-state index in [4.69, 9.17) is 5.26 Å². The number of hydrogen-bond donors (Lipinski definition) is 1. The Morgan fingerprint density at radius 3 is 2.75 bits per heavy atom. The normalized spacial score (nSPS) is 14.4. The van der Waals surface area contributed by atoms with E-state index >= 15 is 0 Å². The van der Waals surface area contributed by atoms with E-state index in [1.807, 2.05) is 24.3 Å². The number of nitrogens with one attached hydrogen (secondary N) is 1. The van der Waals surface area contributed by atoms with E-state index in [0.717, 1.165) is 30.6 Å². The lowest BCUT2D eigenvalue weighted by Crippen LogP contribution is -2.10. The van der Waals surface area contributed by atoms with E-state index in [9.17, 15) is 0 Å². The van der Waals surface area contributed by atoms with Gasteiger partial charge in [0, 0.05) is 17.3 Å². The fourth-order valence-electron chi connectivity index (χ4n) is 2.62. The van der Waals surface area contributed by atoms with Crippen LogP contribution in [0, 0.1) is 11.3 Å². The van der Waals surface area contributed by atoms with Crippen molar-refractivity contribution >= 4 is 5.82 Å². The van der Waals surface area contributed by atoms with Crippen molar-refractivity contribution in [3.63, 3.8) is 0 Å². The number of anilines is 1. The Kier molecular flexibility index (Phi) is 3.34. The average Bonchev–Trinajstić information content (AvgIpc) is 2.97. The van der Waals surface area contributed by atoms with E-state index in [1.165, 1.54) is 11.3 Å². The van der Waals surface area contributed by atoms with Gasteiger partial charge in [-0.1, -0.05) is 12.1 Å².